The van der Waals surface area contributed by atoms with Crippen molar-refractivity contribution < 1.29 is 50.9 Å². The van der Waals surface area contributed by atoms with E-state index in [9.17, 15) is 0 Å². The van der Waals surface area contributed by atoms with E-state index in [1.165, 1.54) is 0 Å². The van der Waals surface area contributed by atoms with Crippen LogP contribution in [0.3, 0.4) is 0 Å². The summed E-state index contributed by atoms with van der Waals surface area (Å²) >= 11 is 0. The second-order valence-electron chi connectivity index (χ2n) is 0. The monoisotopic (exact) mass is 325 g/mol. The Kier molecular flexibility index (Phi) is 119. The number of hydrogen-bond acceptors (Lipinski definition) is 0. The first-order chi connectivity index (χ1) is 0. The Bertz CT molecular complexity index is 3.25. The second-order valence-corrected chi connectivity index (χ2v) is 0. The number of rotatable bonds is 0. The van der Waals surface area contributed by atoms with Crippen LogP contribution < -0.4 is 50.9 Å². The molecule has 0 atom stereocenters. The summed E-state index contributed by atoms with van der Waals surface area (Å²) in [6.07, 6.45) is 0. The van der Waals surface area contributed by atoms with Crippen LogP contribution in [-0.2, 0) is 0 Å². The molecule has 0 aromatic rings. The van der Waals surface area contributed by atoms with Gasteiger partial charge in [-0.2, -0.15) is 0 Å². The topological polar surface area (TPSA) is 0 Å². The SMILES string of the molecule is [Br-].[Br-].[Br-].[Sr+2]. The van der Waals surface area contributed by atoms with Crippen LogP contribution in [0.25, 0.3) is 0 Å². The van der Waals surface area contributed by atoms with Crippen molar-refractivity contribution in [3.63, 3.8) is 0 Å². The zero-order chi connectivity index (χ0) is 0. The van der Waals surface area contributed by atoms with Crippen LogP contribution in [0.1, 0.15) is 0 Å². The average Bonchev–Trinajstić information content (AvgIpc) is 0. The van der Waals surface area contributed by atoms with Crippen molar-refractivity contribution in [3.8, 4) is 0 Å². The van der Waals surface area contributed by atoms with E-state index in [0.29, 0.717) is 0 Å². The third-order valence-corrected chi connectivity index (χ3v) is 0. The van der Waals surface area contributed by atoms with Gasteiger partial charge in [0, 0.05) is 0 Å². The summed E-state index contributed by atoms with van der Waals surface area (Å²) in [4.78, 5) is 0. The third kappa shape index (κ3) is 8.87. The first kappa shape index (κ1) is 28.4. The summed E-state index contributed by atoms with van der Waals surface area (Å²) in [5.41, 5.74) is 0. The van der Waals surface area contributed by atoms with Gasteiger partial charge in [0.15, 0.2) is 0 Å². The summed E-state index contributed by atoms with van der Waals surface area (Å²) in [5.74, 6) is 0. The minimum absolute atomic E-state index is 0. The maximum atomic E-state index is 0. The molecule has 0 heterocycles. The average molecular weight is 327 g/mol. The smallest absolute Gasteiger partial charge is 1.00 e. The van der Waals surface area contributed by atoms with Gasteiger partial charge in [-0.3, -0.25) is 0 Å². The van der Waals surface area contributed by atoms with Crippen molar-refractivity contribution in [2.45, 2.75) is 0 Å². The van der Waals surface area contributed by atoms with Crippen LogP contribution in [0.5, 0.6) is 0 Å². The van der Waals surface area contributed by atoms with Crippen molar-refractivity contribution in [2.75, 3.05) is 0 Å². The van der Waals surface area contributed by atoms with Gasteiger partial charge in [0.05, 0.1) is 0 Å². The number of halogens is 3. The molecule has 0 saturated carbocycles. The van der Waals surface area contributed by atoms with E-state index >= 15 is 0 Å². The molecule has 0 nitrogen and oxygen atoms in total. The molecule has 0 aliphatic carbocycles. The minimum Gasteiger partial charge on any atom is -1.00 e. The summed E-state index contributed by atoms with van der Waals surface area (Å²) in [5, 5.41) is 0. The molecule has 0 amide bonds. The third-order valence-electron chi connectivity index (χ3n) is 0. The van der Waals surface area contributed by atoms with Crippen LogP contribution in [0, 0.1) is 0 Å². The first-order valence-corrected chi connectivity index (χ1v) is 0. The summed E-state index contributed by atoms with van der Waals surface area (Å²) in [6.45, 7) is 0. The van der Waals surface area contributed by atoms with Gasteiger partial charge in [0.1, 0.15) is 0 Å². The van der Waals surface area contributed by atoms with E-state index in [0.717, 1.165) is 0 Å². The maximum absolute atomic E-state index is 0. The van der Waals surface area contributed by atoms with E-state index < -0.39 is 0 Å². The van der Waals surface area contributed by atoms with Gasteiger partial charge in [0.25, 0.3) is 0 Å². The zero-order valence-electron chi connectivity index (χ0n) is 1.84. The molecule has 4 heavy (non-hydrogen) atoms. The van der Waals surface area contributed by atoms with Crippen LogP contribution in [0.2, 0.25) is 0 Å². The summed E-state index contributed by atoms with van der Waals surface area (Å²) in [6, 6.07) is 0. The quantitative estimate of drug-likeness (QED) is 0.388. The molecule has 0 radical (unpaired) electrons. The van der Waals surface area contributed by atoms with Crippen LogP contribution in [-0.4, -0.2) is 45.5 Å². The Morgan fingerprint density at radius 2 is 0.500 bits per heavy atom. The molecule has 0 fully saturated rings. The molecule has 0 N–H and O–H groups in total. The maximum Gasteiger partial charge on any atom is 2.00 e. The van der Waals surface area contributed by atoms with Gasteiger partial charge < -0.3 is 50.9 Å². The Morgan fingerprint density at radius 3 is 0.500 bits per heavy atom. The predicted octanol–water partition coefficient (Wildman–Crippen LogP) is -9.37. The fourth-order valence-corrected chi connectivity index (χ4v) is 0. The molecule has 0 saturated heterocycles. The van der Waals surface area contributed by atoms with Crippen molar-refractivity contribution in [2.24, 2.45) is 0 Å². The Hall–Kier alpha value is 2.92. The predicted molar refractivity (Wildman–Crippen MR) is 5.75 cm³/mol. The molecular weight excluding hydrogens is 327 g/mol. The Morgan fingerprint density at radius 1 is 0.500 bits per heavy atom. The van der Waals surface area contributed by atoms with E-state index in [2.05, 4.69) is 0 Å². The molecule has 24 valence electrons. The standard InChI is InChI=1S/3BrH.Sr/h3*1H;/q;;;+2/p-3. The molecular formula is Br3Sr-. The molecule has 0 aliphatic heterocycles. The van der Waals surface area contributed by atoms with Crippen molar-refractivity contribution in [1.82, 2.24) is 0 Å². The molecule has 0 bridgehead atoms. The van der Waals surface area contributed by atoms with E-state index in [4.69, 9.17) is 0 Å². The van der Waals surface area contributed by atoms with E-state index in [1.807, 2.05) is 0 Å². The van der Waals surface area contributed by atoms with Crippen molar-refractivity contribution in [3.05, 3.63) is 0 Å². The Balaban J connectivity index is 0. The van der Waals surface area contributed by atoms with Gasteiger partial charge in [-0.1, -0.05) is 0 Å². The Labute approximate surface area is 94.3 Å². The molecule has 0 aromatic heterocycles. The van der Waals surface area contributed by atoms with Gasteiger partial charge in [-0.15, -0.1) is 0 Å². The van der Waals surface area contributed by atoms with Gasteiger partial charge >= 0.3 is 45.5 Å². The molecule has 0 spiro atoms. The van der Waals surface area contributed by atoms with E-state index in [-0.39, 0.29) is 96.4 Å². The van der Waals surface area contributed by atoms with Crippen molar-refractivity contribution in [1.29, 1.82) is 0 Å². The van der Waals surface area contributed by atoms with Gasteiger partial charge in [-0.05, 0) is 0 Å². The second kappa shape index (κ2) is 16.8. The fraction of sp³-hybridized carbons (Fsp3) is 0. The zero-order valence-corrected chi connectivity index (χ0v) is 10.1. The van der Waals surface area contributed by atoms with E-state index in [1.54, 1.807) is 0 Å². The normalized spacial score (nSPS) is 0. The van der Waals surface area contributed by atoms with Gasteiger partial charge in [0.2, 0.25) is 0 Å². The largest absolute Gasteiger partial charge is 2.00 e. The van der Waals surface area contributed by atoms with Crippen LogP contribution >= 0.6 is 0 Å². The van der Waals surface area contributed by atoms with Crippen LogP contribution in [0.15, 0.2) is 0 Å². The first-order valence-electron chi connectivity index (χ1n) is 0. The molecule has 0 rings (SSSR count). The molecule has 0 aliphatic rings. The fourth-order valence-electron chi connectivity index (χ4n) is 0. The summed E-state index contributed by atoms with van der Waals surface area (Å²) in [7, 11) is 0. The molecule has 4 heteroatoms. The van der Waals surface area contributed by atoms with Crippen LogP contribution in [0.4, 0.5) is 0 Å². The minimum atomic E-state index is 0. The molecule has 0 unspecified atom stereocenters. The number of hydrogen-bond donors (Lipinski definition) is 0. The van der Waals surface area contributed by atoms with Gasteiger partial charge in [-0.25, -0.2) is 0 Å². The molecule has 0 aromatic carbocycles. The summed E-state index contributed by atoms with van der Waals surface area (Å²) < 4.78 is 0. The van der Waals surface area contributed by atoms with Crippen molar-refractivity contribution >= 4 is 45.5 Å².